The number of rotatable bonds is 6. The molecule has 0 unspecified atom stereocenters. The molecule has 2 aromatic rings. The number of Topliss-reactive ketones (excluding diaryl/α,β-unsaturated/α-hetero) is 1. The first-order valence-electron chi connectivity index (χ1n) is 8.76. The largest absolute Gasteiger partial charge is 0.507 e. The van der Waals surface area contributed by atoms with E-state index in [-0.39, 0.29) is 24.5 Å². The molecule has 0 aliphatic carbocycles. The zero-order valence-corrected chi connectivity index (χ0v) is 15.0. The number of hydrogen-bond acceptors (Lipinski definition) is 5. The maximum absolute atomic E-state index is 12.6. The number of β-amino-alcohol motifs (C(OH)–C–C–N with tert-alkyl or cyclic N) is 1. The number of aliphatic hydroxyl groups excluding tert-OH is 2. The van der Waals surface area contributed by atoms with Crippen molar-refractivity contribution in [2.45, 2.75) is 13.0 Å². The number of ketones is 1. The van der Waals surface area contributed by atoms with Crippen LogP contribution in [0.4, 0.5) is 0 Å². The number of carbonyl (C=O) groups is 2. The van der Waals surface area contributed by atoms with Gasteiger partial charge in [0.25, 0.3) is 11.7 Å². The highest BCUT2D eigenvalue weighted by Gasteiger charge is 2.45. The summed E-state index contributed by atoms with van der Waals surface area (Å²) in [4.78, 5) is 26.4. The Bertz CT molecular complexity index is 858. The number of hydrogen-bond donors (Lipinski definition) is 2. The number of ether oxygens (including phenoxy) is 1. The minimum absolute atomic E-state index is 0.00593. The Labute approximate surface area is 157 Å². The molecule has 0 radical (unpaired) electrons. The maximum atomic E-state index is 12.6. The van der Waals surface area contributed by atoms with E-state index in [1.807, 2.05) is 6.92 Å². The molecule has 0 spiro atoms. The number of carbonyl (C=O) groups excluding carboxylic acids is 2. The van der Waals surface area contributed by atoms with Gasteiger partial charge in [-0.25, -0.2) is 0 Å². The van der Waals surface area contributed by atoms with Gasteiger partial charge < -0.3 is 19.8 Å². The predicted molar refractivity (Wildman–Crippen MR) is 100 cm³/mol. The van der Waals surface area contributed by atoms with Gasteiger partial charge in [0.2, 0.25) is 0 Å². The van der Waals surface area contributed by atoms with Gasteiger partial charge in [0, 0.05) is 12.1 Å². The van der Waals surface area contributed by atoms with Gasteiger partial charge in [-0.15, -0.1) is 0 Å². The molecule has 2 N–H and O–H groups in total. The second-order valence-corrected chi connectivity index (χ2v) is 6.08. The molecule has 1 saturated heterocycles. The first-order valence-corrected chi connectivity index (χ1v) is 8.76. The van der Waals surface area contributed by atoms with Crippen LogP contribution >= 0.6 is 0 Å². The van der Waals surface area contributed by atoms with Crippen molar-refractivity contribution in [1.82, 2.24) is 4.90 Å². The minimum atomic E-state index is -0.770. The quantitative estimate of drug-likeness (QED) is 0.465. The molecule has 3 rings (SSSR count). The molecule has 0 bridgehead atoms. The van der Waals surface area contributed by atoms with E-state index in [0.717, 1.165) is 0 Å². The van der Waals surface area contributed by atoms with Crippen LogP contribution in [0.3, 0.4) is 0 Å². The molecule has 1 aliphatic rings. The smallest absolute Gasteiger partial charge is 0.295 e. The van der Waals surface area contributed by atoms with E-state index < -0.39 is 17.7 Å². The molecule has 6 heteroatoms. The molecular weight excluding hydrogens is 346 g/mol. The lowest BCUT2D eigenvalue weighted by Crippen LogP contribution is -2.32. The minimum Gasteiger partial charge on any atom is -0.507 e. The Morgan fingerprint density at radius 1 is 1.07 bits per heavy atom. The second-order valence-electron chi connectivity index (χ2n) is 6.08. The first kappa shape index (κ1) is 18.7. The summed E-state index contributed by atoms with van der Waals surface area (Å²) in [6.07, 6.45) is 0. The lowest BCUT2D eigenvalue weighted by Gasteiger charge is -2.24. The van der Waals surface area contributed by atoms with Crippen LogP contribution in [0.2, 0.25) is 0 Å². The summed E-state index contributed by atoms with van der Waals surface area (Å²) >= 11 is 0. The molecule has 1 heterocycles. The number of benzene rings is 2. The van der Waals surface area contributed by atoms with Gasteiger partial charge in [-0.3, -0.25) is 9.59 Å². The van der Waals surface area contributed by atoms with Crippen molar-refractivity contribution >= 4 is 17.4 Å². The fourth-order valence-corrected chi connectivity index (χ4v) is 3.23. The number of aliphatic hydroxyl groups is 2. The molecule has 2 aromatic carbocycles. The van der Waals surface area contributed by atoms with E-state index in [9.17, 15) is 19.8 Å². The molecule has 0 saturated carbocycles. The monoisotopic (exact) mass is 367 g/mol. The third-order valence-electron chi connectivity index (χ3n) is 4.43. The average molecular weight is 367 g/mol. The van der Waals surface area contributed by atoms with E-state index in [0.29, 0.717) is 23.5 Å². The summed E-state index contributed by atoms with van der Waals surface area (Å²) in [5, 5.41) is 20.1. The van der Waals surface area contributed by atoms with Crippen molar-refractivity contribution in [3.63, 3.8) is 0 Å². The third kappa shape index (κ3) is 3.57. The zero-order chi connectivity index (χ0) is 19.4. The van der Waals surface area contributed by atoms with Crippen molar-refractivity contribution < 1.29 is 24.5 Å². The highest BCUT2D eigenvalue weighted by Crippen LogP contribution is 2.39. The summed E-state index contributed by atoms with van der Waals surface area (Å²) < 4.78 is 5.43. The number of likely N-dealkylation sites (tertiary alicyclic amines) is 1. The van der Waals surface area contributed by atoms with Crippen molar-refractivity contribution in [3.05, 3.63) is 71.3 Å². The van der Waals surface area contributed by atoms with E-state index in [4.69, 9.17) is 4.74 Å². The second kappa shape index (κ2) is 8.05. The van der Waals surface area contributed by atoms with Crippen molar-refractivity contribution in [2.24, 2.45) is 0 Å². The third-order valence-corrected chi connectivity index (χ3v) is 4.43. The summed E-state index contributed by atoms with van der Waals surface area (Å²) in [6.45, 7) is 2.11. The Morgan fingerprint density at radius 2 is 1.74 bits per heavy atom. The predicted octanol–water partition coefficient (Wildman–Crippen LogP) is 2.50. The molecule has 1 fully saturated rings. The standard InChI is InChI=1S/C21H21NO5/c1-2-27-16-10-8-14(9-11-16)18-17(19(24)15-6-4-3-5-7-15)20(25)21(26)22(18)12-13-23/h3-11,18,23-24H,2,12-13H2,1H3/t18-/m0/s1. The van der Waals surface area contributed by atoms with Gasteiger partial charge in [0.1, 0.15) is 11.5 Å². The van der Waals surface area contributed by atoms with Crippen LogP contribution in [0.5, 0.6) is 5.75 Å². The maximum Gasteiger partial charge on any atom is 0.295 e. The van der Waals surface area contributed by atoms with Crippen LogP contribution in [-0.2, 0) is 9.59 Å². The zero-order valence-electron chi connectivity index (χ0n) is 15.0. The summed E-state index contributed by atoms with van der Waals surface area (Å²) in [5.41, 5.74) is 1.13. The van der Waals surface area contributed by atoms with E-state index in [1.54, 1.807) is 54.6 Å². The van der Waals surface area contributed by atoms with Gasteiger partial charge in [0.15, 0.2) is 0 Å². The van der Waals surface area contributed by atoms with Gasteiger partial charge in [-0.2, -0.15) is 0 Å². The normalized spacial score (nSPS) is 18.7. The Balaban J connectivity index is 2.11. The first-order chi connectivity index (χ1) is 13.1. The number of nitrogens with zero attached hydrogens (tertiary/aromatic N) is 1. The lowest BCUT2D eigenvalue weighted by atomic mass is 9.95. The van der Waals surface area contributed by atoms with E-state index in [1.165, 1.54) is 4.90 Å². The van der Waals surface area contributed by atoms with E-state index >= 15 is 0 Å². The molecular formula is C21H21NO5. The molecule has 1 amide bonds. The molecule has 1 atom stereocenters. The highest BCUT2D eigenvalue weighted by atomic mass is 16.5. The summed E-state index contributed by atoms with van der Waals surface area (Å²) in [6, 6.07) is 14.9. The molecule has 0 aromatic heterocycles. The summed E-state index contributed by atoms with van der Waals surface area (Å²) in [7, 11) is 0. The van der Waals surface area contributed by atoms with Gasteiger partial charge >= 0.3 is 0 Å². The van der Waals surface area contributed by atoms with Crippen LogP contribution in [0.1, 0.15) is 24.1 Å². The fourth-order valence-electron chi connectivity index (χ4n) is 3.23. The van der Waals surface area contributed by atoms with Crippen LogP contribution in [0.25, 0.3) is 5.76 Å². The summed E-state index contributed by atoms with van der Waals surface area (Å²) in [5.74, 6) is -1.05. The molecule has 27 heavy (non-hydrogen) atoms. The average Bonchev–Trinajstić information content (AvgIpc) is 2.94. The number of amides is 1. The van der Waals surface area contributed by atoms with Gasteiger partial charge in [-0.1, -0.05) is 42.5 Å². The van der Waals surface area contributed by atoms with Crippen LogP contribution in [0.15, 0.2) is 60.2 Å². The van der Waals surface area contributed by atoms with E-state index in [2.05, 4.69) is 0 Å². The molecule has 1 aliphatic heterocycles. The Morgan fingerprint density at radius 3 is 2.33 bits per heavy atom. The highest BCUT2D eigenvalue weighted by molar-refractivity contribution is 6.46. The van der Waals surface area contributed by atoms with Crippen LogP contribution in [-0.4, -0.2) is 46.6 Å². The Kier molecular flexibility index (Phi) is 5.57. The van der Waals surface area contributed by atoms with Crippen molar-refractivity contribution in [3.8, 4) is 5.75 Å². The van der Waals surface area contributed by atoms with Gasteiger partial charge in [-0.05, 0) is 24.6 Å². The molecule has 6 nitrogen and oxygen atoms in total. The van der Waals surface area contributed by atoms with Crippen molar-refractivity contribution in [2.75, 3.05) is 19.8 Å². The molecule has 140 valence electrons. The van der Waals surface area contributed by atoms with Crippen LogP contribution in [0, 0.1) is 0 Å². The SMILES string of the molecule is CCOc1ccc([C@H]2C(=C(O)c3ccccc3)C(=O)C(=O)N2CCO)cc1. The van der Waals surface area contributed by atoms with Crippen LogP contribution < -0.4 is 4.74 Å². The topological polar surface area (TPSA) is 87.1 Å². The van der Waals surface area contributed by atoms with Gasteiger partial charge in [0.05, 0.1) is 24.8 Å². The van der Waals surface area contributed by atoms with Crippen molar-refractivity contribution in [1.29, 1.82) is 0 Å². The Hall–Kier alpha value is -3.12. The lowest BCUT2D eigenvalue weighted by molar-refractivity contribution is -0.140. The fraction of sp³-hybridized carbons (Fsp3) is 0.238.